The second-order valence-electron chi connectivity index (χ2n) is 7.90. The van der Waals surface area contributed by atoms with E-state index in [9.17, 15) is 34.6 Å². The number of anilines is 1. The first-order valence-electron chi connectivity index (χ1n) is 11.7. The molecule has 14 heteroatoms. The molecule has 3 rings (SSSR count). The molecule has 1 heterocycles. The molecule has 0 aliphatic rings. The van der Waals surface area contributed by atoms with Crippen molar-refractivity contribution in [3.05, 3.63) is 90.3 Å². The molecular formula is C26H23N3O10S. The third-order valence-corrected chi connectivity index (χ3v) is 6.33. The number of nitro benzene ring substituents is 2. The van der Waals surface area contributed by atoms with E-state index in [4.69, 9.17) is 14.2 Å². The summed E-state index contributed by atoms with van der Waals surface area (Å²) in [5.74, 6) is -1.84. The summed E-state index contributed by atoms with van der Waals surface area (Å²) in [5.41, 5.74) is -0.138. The third kappa shape index (κ3) is 7.26. The van der Waals surface area contributed by atoms with Gasteiger partial charge in [0, 0.05) is 6.08 Å². The number of rotatable bonds is 11. The number of nitrogens with one attached hydrogen (secondary N) is 1. The fraction of sp³-hybridized carbons (Fsp3) is 0.192. The molecule has 0 saturated carbocycles. The average Bonchev–Trinajstić information content (AvgIpc) is 3.23. The van der Waals surface area contributed by atoms with E-state index in [1.54, 1.807) is 32.9 Å². The van der Waals surface area contributed by atoms with Crippen molar-refractivity contribution in [3.8, 4) is 11.5 Å². The zero-order chi connectivity index (χ0) is 29.4. The van der Waals surface area contributed by atoms with Crippen molar-refractivity contribution in [1.82, 2.24) is 0 Å². The third-order valence-electron chi connectivity index (χ3n) is 5.14. The molecule has 0 bridgehead atoms. The van der Waals surface area contributed by atoms with Crippen LogP contribution in [0.25, 0.3) is 6.08 Å². The minimum atomic E-state index is -0.768. The number of carbonyl (C=O) groups excluding carboxylic acids is 3. The Bertz CT molecular complexity index is 1480. The van der Waals surface area contributed by atoms with Crippen molar-refractivity contribution in [3.63, 3.8) is 0 Å². The normalized spacial score (nSPS) is 10.7. The van der Waals surface area contributed by atoms with E-state index in [-0.39, 0.29) is 40.2 Å². The molecule has 0 fully saturated rings. The lowest BCUT2D eigenvalue weighted by atomic mass is 10.1. The van der Waals surface area contributed by atoms with Gasteiger partial charge in [-0.05, 0) is 50.1 Å². The minimum absolute atomic E-state index is 0.0538. The van der Waals surface area contributed by atoms with E-state index in [1.165, 1.54) is 24.3 Å². The van der Waals surface area contributed by atoms with Gasteiger partial charge in [0.15, 0.2) is 0 Å². The predicted molar refractivity (Wildman–Crippen MR) is 145 cm³/mol. The first-order chi connectivity index (χ1) is 19.0. The Morgan fingerprint density at radius 1 is 0.925 bits per heavy atom. The van der Waals surface area contributed by atoms with Crippen LogP contribution in [-0.2, 0) is 14.3 Å². The van der Waals surface area contributed by atoms with Crippen LogP contribution >= 0.6 is 11.3 Å². The molecule has 0 aliphatic heterocycles. The summed E-state index contributed by atoms with van der Waals surface area (Å²) < 4.78 is 15.7. The smallest absolute Gasteiger partial charge is 0.348 e. The number of non-ortho nitro benzene ring substituents is 2. The first-order valence-corrected chi connectivity index (χ1v) is 12.5. The quantitative estimate of drug-likeness (QED) is 0.131. The molecule has 1 N–H and O–H groups in total. The van der Waals surface area contributed by atoms with E-state index in [0.717, 1.165) is 29.5 Å². The summed E-state index contributed by atoms with van der Waals surface area (Å²) in [5, 5.41) is 25.0. The standard InChI is InChI=1S/C26H23N3O10S/c1-4-37-25(31)22-15(3)23(26(32)38-5-2)40-24(22)27-21(30)10-9-16-7-6-8-19(11-16)39-20-13-17(28(33)34)12-18(14-20)29(35)36/h6-14H,4-5H2,1-3H3,(H,27,30)/b10-9+. The van der Waals surface area contributed by atoms with Gasteiger partial charge >= 0.3 is 11.9 Å². The van der Waals surface area contributed by atoms with Crippen LogP contribution in [0.3, 0.4) is 0 Å². The molecule has 13 nitrogen and oxygen atoms in total. The van der Waals surface area contributed by atoms with Crippen molar-refractivity contribution in [1.29, 1.82) is 0 Å². The van der Waals surface area contributed by atoms with Gasteiger partial charge in [-0.15, -0.1) is 11.3 Å². The fourth-order valence-corrected chi connectivity index (χ4v) is 4.51. The van der Waals surface area contributed by atoms with Crippen molar-refractivity contribution in [2.75, 3.05) is 18.5 Å². The molecule has 40 heavy (non-hydrogen) atoms. The molecule has 0 unspecified atom stereocenters. The Balaban J connectivity index is 1.81. The summed E-state index contributed by atoms with van der Waals surface area (Å²) in [4.78, 5) is 58.4. The minimum Gasteiger partial charge on any atom is -0.462 e. The molecular weight excluding hydrogens is 546 g/mol. The summed E-state index contributed by atoms with van der Waals surface area (Å²) in [7, 11) is 0. The Morgan fingerprint density at radius 2 is 1.55 bits per heavy atom. The van der Waals surface area contributed by atoms with Crippen LogP contribution in [0.5, 0.6) is 11.5 Å². The molecule has 0 radical (unpaired) electrons. The summed E-state index contributed by atoms with van der Waals surface area (Å²) in [6.45, 7) is 5.06. The molecule has 0 saturated heterocycles. The van der Waals surface area contributed by atoms with Gasteiger partial charge in [-0.25, -0.2) is 9.59 Å². The summed E-state index contributed by atoms with van der Waals surface area (Å²) in [6.07, 6.45) is 2.63. The molecule has 1 amide bonds. The molecule has 0 aliphatic carbocycles. The van der Waals surface area contributed by atoms with Crippen LogP contribution in [0, 0.1) is 27.2 Å². The second-order valence-corrected chi connectivity index (χ2v) is 8.92. The number of ether oxygens (including phenoxy) is 3. The zero-order valence-electron chi connectivity index (χ0n) is 21.5. The number of hydrogen-bond acceptors (Lipinski definition) is 11. The van der Waals surface area contributed by atoms with Gasteiger partial charge in [0.1, 0.15) is 21.4 Å². The van der Waals surface area contributed by atoms with Gasteiger partial charge in [-0.1, -0.05) is 12.1 Å². The van der Waals surface area contributed by atoms with Crippen LogP contribution < -0.4 is 10.1 Å². The highest BCUT2D eigenvalue weighted by Gasteiger charge is 2.27. The van der Waals surface area contributed by atoms with Crippen LogP contribution in [0.1, 0.15) is 45.0 Å². The molecule has 1 aromatic heterocycles. The molecule has 2 aromatic carbocycles. The van der Waals surface area contributed by atoms with Crippen LogP contribution in [0.2, 0.25) is 0 Å². The Hall–Kier alpha value is -5.11. The molecule has 208 valence electrons. The summed E-state index contributed by atoms with van der Waals surface area (Å²) in [6, 6.07) is 9.19. The average molecular weight is 570 g/mol. The number of esters is 2. The van der Waals surface area contributed by atoms with Gasteiger partial charge < -0.3 is 19.5 Å². The SMILES string of the molecule is CCOC(=O)c1sc(NC(=O)/C=C/c2cccc(Oc3cc([N+](=O)[O-])cc([N+](=O)[O-])c3)c2)c(C(=O)OCC)c1C. The maximum Gasteiger partial charge on any atom is 0.348 e. The second kappa shape index (κ2) is 13.1. The van der Waals surface area contributed by atoms with Crippen molar-refractivity contribution in [2.24, 2.45) is 0 Å². The topological polar surface area (TPSA) is 177 Å². The van der Waals surface area contributed by atoms with E-state index in [1.807, 2.05) is 0 Å². The number of nitrogens with zero attached hydrogens (tertiary/aromatic N) is 2. The van der Waals surface area contributed by atoms with Crippen molar-refractivity contribution in [2.45, 2.75) is 20.8 Å². The van der Waals surface area contributed by atoms with Gasteiger partial charge in [0.25, 0.3) is 11.4 Å². The fourth-order valence-electron chi connectivity index (χ4n) is 3.42. The highest BCUT2D eigenvalue weighted by Crippen LogP contribution is 2.35. The lowest BCUT2D eigenvalue weighted by Crippen LogP contribution is -2.13. The van der Waals surface area contributed by atoms with Crippen LogP contribution in [0.4, 0.5) is 16.4 Å². The zero-order valence-corrected chi connectivity index (χ0v) is 22.3. The Labute approximate surface area is 231 Å². The lowest BCUT2D eigenvalue weighted by molar-refractivity contribution is -0.394. The van der Waals surface area contributed by atoms with Gasteiger partial charge in [0.05, 0.1) is 46.8 Å². The van der Waals surface area contributed by atoms with Crippen LogP contribution in [-0.4, -0.2) is 40.9 Å². The maximum absolute atomic E-state index is 12.7. The first kappa shape index (κ1) is 29.4. The number of amides is 1. The highest BCUT2D eigenvalue weighted by molar-refractivity contribution is 7.18. The van der Waals surface area contributed by atoms with E-state index in [0.29, 0.717) is 11.1 Å². The molecule has 0 atom stereocenters. The monoisotopic (exact) mass is 569 g/mol. The molecule has 0 spiro atoms. The van der Waals surface area contributed by atoms with E-state index < -0.39 is 39.1 Å². The Morgan fingerprint density at radius 3 is 2.15 bits per heavy atom. The number of hydrogen-bond donors (Lipinski definition) is 1. The largest absolute Gasteiger partial charge is 0.462 e. The van der Waals surface area contributed by atoms with Gasteiger partial charge in [-0.3, -0.25) is 25.0 Å². The van der Waals surface area contributed by atoms with Crippen molar-refractivity contribution < 1.29 is 38.4 Å². The lowest BCUT2D eigenvalue weighted by Gasteiger charge is -2.07. The molecule has 3 aromatic rings. The van der Waals surface area contributed by atoms with Gasteiger partial charge in [-0.2, -0.15) is 0 Å². The van der Waals surface area contributed by atoms with E-state index in [2.05, 4.69) is 5.32 Å². The number of carbonyl (C=O) groups is 3. The highest BCUT2D eigenvalue weighted by atomic mass is 32.1. The van der Waals surface area contributed by atoms with E-state index >= 15 is 0 Å². The number of benzene rings is 2. The van der Waals surface area contributed by atoms with Crippen molar-refractivity contribution >= 4 is 51.6 Å². The number of thiophene rings is 1. The Kier molecular flexibility index (Phi) is 9.65. The maximum atomic E-state index is 12.7. The van der Waals surface area contributed by atoms with Crippen LogP contribution in [0.15, 0.2) is 48.5 Å². The summed E-state index contributed by atoms with van der Waals surface area (Å²) >= 11 is 0.891. The number of nitro groups is 2. The van der Waals surface area contributed by atoms with Gasteiger partial charge in [0.2, 0.25) is 5.91 Å². The predicted octanol–water partition coefficient (Wildman–Crippen LogP) is 5.67.